The largest absolute Gasteiger partial charge is 0.371 e. The number of nitrogens with zero attached hydrogens (tertiary/aromatic N) is 4. The summed E-state index contributed by atoms with van der Waals surface area (Å²) in [6.45, 7) is 2.26. The fourth-order valence-corrected chi connectivity index (χ4v) is 3.74. The van der Waals surface area contributed by atoms with E-state index in [1.807, 2.05) is 18.2 Å². The Morgan fingerprint density at radius 1 is 0.929 bits per heavy atom. The van der Waals surface area contributed by atoms with Gasteiger partial charge in [0.25, 0.3) is 0 Å². The highest BCUT2D eigenvalue weighted by atomic mass is 15.1. The van der Waals surface area contributed by atoms with Crippen molar-refractivity contribution in [1.82, 2.24) is 19.9 Å². The minimum absolute atomic E-state index is 0.595. The van der Waals surface area contributed by atoms with E-state index in [9.17, 15) is 0 Å². The molecule has 0 bridgehead atoms. The van der Waals surface area contributed by atoms with Crippen LogP contribution in [0.5, 0.6) is 0 Å². The fraction of sp³-hybridized carbons (Fsp3) is 0.227. The number of rotatable bonds is 4. The Hall–Kier alpha value is -3.41. The monoisotopic (exact) mass is 370 g/mol. The van der Waals surface area contributed by atoms with Crippen molar-refractivity contribution in [2.75, 3.05) is 23.3 Å². The van der Waals surface area contributed by atoms with E-state index in [1.54, 1.807) is 12.5 Å². The molecular weight excluding hydrogens is 348 g/mol. The molecule has 28 heavy (non-hydrogen) atoms. The molecule has 6 nitrogen and oxygen atoms in total. The van der Waals surface area contributed by atoms with Crippen LogP contribution < -0.4 is 10.2 Å². The van der Waals surface area contributed by atoms with Gasteiger partial charge in [0.2, 0.25) is 5.95 Å². The van der Waals surface area contributed by atoms with Crippen molar-refractivity contribution in [3.8, 4) is 11.3 Å². The zero-order valence-electron chi connectivity index (χ0n) is 15.6. The standard InChI is InChI=1S/C22H22N6/c1-2-11-28(12-3-1)18-6-4-5-17(14-18)26-22-23-10-9-19(27-22)16-7-8-20-21(13-16)25-15-24-20/h4-10,13-15H,1-3,11-12H2,(H,24,25)(H,23,26,27). The molecule has 1 saturated heterocycles. The quantitative estimate of drug-likeness (QED) is 0.542. The summed E-state index contributed by atoms with van der Waals surface area (Å²) in [4.78, 5) is 19.0. The van der Waals surface area contributed by atoms with Crippen LogP contribution in [0.3, 0.4) is 0 Å². The lowest BCUT2D eigenvalue weighted by atomic mass is 10.1. The van der Waals surface area contributed by atoms with E-state index in [0.29, 0.717) is 5.95 Å². The average Bonchev–Trinajstić information content (AvgIpc) is 3.23. The van der Waals surface area contributed by atoms with E-state index >= 15 is 0 Å². The van der Waals surface area contributed by atoms with Crippen molar-refractivity contribution in [3.63, 3.8) is 0 Å². The molecule has 0 spiro atoms. The van der Waals surface area contributed by atoms with Gasteiger partial charge < -0.3 is 15.2 Å². The Kier molecular flexibility index (Phi) is 4.37. The predicted molar refractivity (Wildman–Crippen MR) is 113 cm³/mol. The first-order chi connectivity index (χ1) is 13.8. The topological polar surface area (TPSA) is 69.7 Å². The molecule has 0 radical (unpaired) electrons. The summed E-state index contributed by atoms with van der Waals surface area (Å²) < 4.78 is 0. The molecule has 1 aliphatic rings. The van der Waals surface area contributed by atoms with Gasteiger partial charge in [-0.2, -0.15) is 0 Å². The molecule has 1 fully saturated rings. The predicted octanol–water partition coefficient (Wildman–Crippen LogP) is 4.75. The number of H-pyrrole nitrogens is 1. The number of benzene rings is 2. The van der Waals surface area contributed by atoms with E-state index in [-0.39, 0.29) is 0 Å². The number of aromatic nitrogens is 4. The molecule has 2 aromatic heterocycles. The summed E-state index contributed by atoms with van der Waals surface area (Å²) in [5.41, 5.74) is 6.12. The molecule has 6 heteroatoms. The summed E-state index contributed by atoms with van der Waals surface area (Å²) in [5, 5.41) is 3.36. The molecule has 2 N–H and O–H groups in total. The van der Waals surface area contributed by atoms with Crippen molar-refractivity contribution in [3.05, 3.63) is 61.1 Å². The maximum Gasteiger partial charge on any atom is 0.227 e. The van der Waals surface area contributed by atoms with Gasteiger partial charge in [-0.05, 0) is 55.7 Å². The smallest absolute Gasteiger partial charge is 0.227 e. The minimum Gasteiger partial charge on any atom is -0.371 e. The number of imidazole rings is 1. The first-order valence-corrected chi connectivity index (χ1v) is 9.74. The van der Waals surface area contributed by atoms with Gasteiger partial charge in [-0.3, -0.25) is 0 Å². The van der Waals surface area contributed by atoms with Crippen molar-refractivity contribution < 1.29 is 0 Å². The summed E-state index contributed by atoms with van der Waals surface area (Å²) in [6.07, 6.45) is 7.36. The molecule has 0 saturated carbocycles. The van der Waals surface area contributed by atoms with E-state index in [2.05, 4.69) is 55.5 Å². The second-order valence-corrected chi connectivity index (χ2v) is 7.12. The molecule has 3 heterocycles. The van der Waals surface area contributed by atoms with Crippen LogP contribution in [-0.2, 0) is 0 Å². The van der Waals surface area contributed by atoms with E-state index in [4.69, 9.17) is 4.98 Å². The van der Waals surface area contributed by atoms with Crippen LogP contribution in [0.1, 0.15) is 19.3 Å². The molecule has 0 unspecified atom stereocenters. The summed E-state index contributed by atoms with van der Waals surface area (Å²) in [6, 6.07) is 16.5. The van der Waals surface area contributed by atoms with Gasteiger partial charge >= 0.3 is 0 Å². The van der Waals surface area contributed by atoms with Crippen molar-refractivity contribution in [2.45, 2.75) is 19.3 Å². The highest BCUT2D eigenvalue weighted by Crippen LogP contribution is 2.26. The van der Waals surface area contributed by atoms with Crippen LogP contribution in [-0.4, -0.2) is 33.0 Å². The van der Waals surface area contributed by atoms with Crippen LogP contribution in [0, 0.1) is 0 Å². The Labute approximate surface area is 163 Å². The van der Waals surface area contributed by atoms with Gasteiger partial charge in [-0.1, -0.05) is 12.1 Å². The third kappa shape index (κ3) is 3.41. The summed E-state index contributed by atoms with van der Waals surface area (Å²) in [7, 11) is 0. The highest BCUT2D eigenvalue weighted by Gasteiger charge is 2.11. The van der Waals surface area contributed by atoms with Gasteiger partial charge in [-0.25, -0.2) is 15.0 Å². The highest BCUT2D eigenvalue weighted by molar-refractivity contribution is 5.80. The lowest BCUT2D eigenvalue weighted by Gasteiger charge is -2.29. The Balaban J connectivity index is 1.39. The van der Waals surface area contributed by atoms with E-state index in [0.717, 1.165) is 41.1 Å². The van der Waals surface area contributed by atoms with Crippen LogP contribution >= 0.6 is 0 Å². The van der Waals surface area contributed by atoms with E-state index in [1.165, 1.54) is 24.9 Å². The Bertz CT molecular complexity index is 1100. The summed E-state index contributed by atoms with van der Waals surface area (Å²) >= 11 is 0. The zero-order valence-corrected chi connectivity index (χ0v) is 15.6. The average molecular weight is 370 g/mol. The van der Waals surface area contributed by atoms with Gasteiger partial charge in [0, 0.05) is 36.2 Å². The molecule has 0 amide bonds. The minimum atomic E-state index is 0.595. The first-order valence-electron chi connectivity index (χ1n) is 9.74. The first kappa shape index (κ1) is 16.7. The maximum atomic E-state index is 4.70. The molecule has 2 aromatic carbocycles. The molecule has 5 rings (SSSR count). The number of hydrogen-bond acceptors (Lipinski definition) is 5. The number of hydrogen-bond donors (Lipinski definition) is 2. The molecule has 140 valence electrons. The van der Waals surface area contributed by atoms with Gasteiger partial charge in [0.15, 0.2) is 0 Å². The Morgan fingerprint density at radius 3 is 2.79 bits per heavy atom. The number of piperidine rings is 1. The number of anilines is 3. The summed E-state index contributed by atoms with van der Waals surface area (Å²) in [5.74, 6) is 0.595. The van der Waals surface area contributed by atoms with Crippen LogP contribution in [0.15, 0.2) is 61.1 Å². The third-order valence-corrected chi connectivity index (χ3v) is 5.20. The number of aromatic amines is 1. The number of nitrogens with one attached hydrogen (secondary N) is 2. The molecule has 1 aliphatic heterocycles. The van der Waals surface area contributed by atoms with Crippen molar-refractivity contribution in [1.29, 1.82) is 0 Å². The van der Waals surface area contributed by atoms with E-state index < -0.39 is 0 Å². The lowest BCUT2D eigenvalue weighted by molar-refractivity contribution is 0.578. The van der Waals surface area contributed by atoms with Crippen LogP contribution in [0.25, 0.3) is 22.3 Å². The SMILES string of the molecule is c1cc(Nc2nccc(-c3ccc4nc[nH]c4c3)n2)cc(N2CCCCC2)c1. The van der Waals surface area contributed by atoms with Crippen LogP contribution in [0.2, 0.25) is 0 Å². The normalized spacial score (nSPS) is 14.4. The second kappa shape index (κ2) is 7.31. The van der Waals surface area contributed by atoms with Crippen molar-refractivity contribution in [2.24, 2.45) is 0 Å². The maximum absolute atomic E-state index is 4.70. The van der Waals surface area contributed by atoms with Gasteiger partial charge in [-0.15, -0.1) is 0 Å². The van der Waals surface area contributed by atoms with Crippen LogP contribution in [0.4, 0.5) is 17.3 Å². The third-order valence-electron chi connectivity index (χ3n) is 5.20. The fourth-order valence-electron chi connectivity index (χ4n) is 3.74. The van der Waals surface area contributed by atoms with Crippen molar-refractivity contribution >= 4 is 28.4 Å². The number of fused-ring (bicyclic) bond motifs is 1. The van der Waals surface area contributed by atoms with Gasteiger partial charge in [0.1, 0.15) is 0 Å². The molecule has 0 aliphatic carbocycles. The molecular formula is C22H22N6. The zero-order chi connectivity index (χ0) is 18.8. The second-order valence-electron chi connectivity index (χ2n) is 7.12. The molecule has 4 aromatic rings. The lowest BCUT2D eigenvalue weighted by Crippen LogP contribution is -2.29. The van der Waals surface area contributed by atoms with Gasteiger partial charge in [0.05, 0.1) is 23.1 Å². The molecule has 0 atom stereocenters. The Morgan fingerprint density at radius 2 is 1.86 bits per heavy atom.